The number of rotatable bonds is 5. The highest BCUT2D eigenvalue weighted by atomic mass is 16.4. The third-order valence-electron chi connectivity index (χ3n) is 3.99. The minimum atomic E-state index is -1.09. The molecule has 0 aliphatic carbocycles. The van der Waals surface area contributed by atoms with E-state index in [-0.39, 0.29) is 18.1 Å². The quantitative estimate of drug-likeness (QED) is 0.849. The van der Waals surface area contributed by atoms with Gasteiger partial charge in [-0.25, -0.2) is 4.79 Å². The highest BCUT2D eigenvalue weighted by Gasteiger charge is 2.22. The molecule has 2 aromatic rings. The maximum absolute atomic E-state index is 12.3. The smallest absolute Gasteiger partial charge is 0.356 e. The second-order valence-corrected chi connectivity index (χ2v) is 5.68. The SMILES string of the molecule is O=C(O)c1ccn(CC(=O)N2CCN(Cc3ccccn3)CC2)n1. The number of aromatic nitrogens is 3. The average Bonchev–Trinajstić information content (AvgIpc) is 3.05. The normalized spacial score (nSPS) is 15.4. The average molecular weight is 329 g/mol. The van der Waals surface area contributed by atoms with Gasteiger partial charge >= 0.3 is 5.97 Å². The van der Waals surface area contributed by atoms with E-state index in [0.717, 1.165) is 25.3 Å². The topological polar surface area (TPSA) is 91.6 Å². The highest BCUT2D eigenvalue weighted by molar-refractivity contribution is 5.85. The van der Waals surface area contributed by atoms with E-state index in [1.54, 1.807) is 11.1 Å². The number of hydrogen-bond donors (Lipinski definition) is 1. The summed E-state index contributed by atoms with van der Waals surface area (Å²) in [6.45, 7) is 3.73. The van der Waals surface area contributed by atoms with Gasteiger partial charge in [-0.15, -0.1) is 0 Å². The molecule has 8 heteroatoms. The van der Waals surface area contributed by atoms with Crippen molar-refractivity contribution in [3.63, 3.8) is 0 Å². The van der Waals surface area contributed by atoms with Gasteiger partial charge in [-0.1, -0.05) is 6.07 Å². The van der Waals surface area contributed by atoms with Crippen LogP contribution in [0.5, 0.6) is 0 Å². The predicted molar refractivity (Wildman–Crippen MR) is 85.3 cm³/mol. The van der Waals surface area contributed by atoms with E-state index in [1.165, 1.54) is 16.9 Å². The van der Waals surface area contributed by atoms with Gasteiger partial charge in [-0.05, 0) is 18.2 Å². The lowest BCUT2D eigenvalue weighted by atomic mass is 10.2. The number of amides is 1. The van der Waals surface area contributed by atoms with Gasteiger partial charge in [0.25, 0.3) is 0 Å². The molecule has 1 N–H and O–H groups in total. The van der Waals surface area contributed by atoms with Gasteiger partial charge in [0.1, 0.15) is 6.54 Å². The molecule has 0 atom stereocenters. The zero-order valence-electron chi connectivity index (χ0n) is 13.2. The molecule has 0 saturated carbocycles. The number of nitrogens with zero attached hydrogens (tertiary/aromatic N) is 5. The molecule has 0 radical (unpaired) electrons. The van der Waals surface area contributed by atoms with Gasteiger partial charge in [0.05, 0.1) is 5.69 Å². The molecule has 0 unspecified atom stereocenters. The van der Waals surface area contributed by atoms with Crippen molar-refractivity contribution in [1.82, 2.24) is 24.6 Å². The van der Waals surface area contributed by atoms with Crippen molar-refractivity contribution < 1.29 is 14.7 Å². The van der Waals surface area contributed by atoms with Crippen LogP contribution in [0, 0.1) is 0 Å². The molecule has 24 heavy (non-hydrogen) atoms. The number of carbonyl (C=O) groups excluding carboxylic acids is 1. The van der Waals surface area contributed by atoms with Crippen LogP contribution in [0.1, 0.15) is 16.2 Å². The summed E-state index contributed by atoms with van der Waals surface area (Å²) in [7, 11) is 0. The van der Waals surface area contributed by atoms with Crippen LogP contribution in [-0.2, 0) is 17.9 Å². The zero-order chi connectivity index (χ0) is 16.9. The summed E-state index contributed by atoms with van der Waals surface area (Å²) in [6, 6.07) is 7.25. The van der Waals surface area contributed by atoms with Crippen LogP contribution in [0.3, 0.4) is 0 Å². The fourth-order valence-electron chi connectivity index (χ4n) is 2.68. The van der Waals surface area contributed by atoms with Crippen LogP contribution >= 0.6 is 0 Å². The first-order chi connectivity index (χ1) is 11.6. The first-order valence-electron chi connectivity index (χ1n) is 7.78. The Morgan fingerprint density at radius 1 is 1.12 bits per heavy atom. The van der Waals surface area contributed by atoms with E-state index in [9.17, 15) is 9.59 Å². The molecule has 3 heterocycles. The molecule has 1 saturated heterocycles. The van der Waals surface area contributed by atoms with Crippen molar-refractivity contribution in [3.05, 3.63) is 48.0 Å². The van der Waals surface area contributed by atoms with Crippen molar-refractivity contribution in [2.45, 2.75) is 13.1 Å². The molecule has 1 aliphatic heterocycles. The van der Waals surface area contributed by atoms with Crippen LogP contribution in [0.4, 0.5) is 0 Å². The fraction of sp³-hybridized carbons (Fsp3) is 0.375. The van der Waals surface area contributed by atoms with E-state index in [0.29, 0.717) is 13.1 Å². The van der Waals surface area contributed by atoms with Crippen molar-refractivity contribution in [2.24, 2.45) is 0 Å². The molecular weight excluding hydrogens is 310 g/mol. The molecule has 1 aliphatic rings. The van der Waals surface area contributed by atoms with Gasteiger partial charge in [0.15, 0.2) is 5.69 Å². The molecular formula is C16H19N5O3. The molecule has 126 valence electrons. The number of carboxylic acids is 1. The number of piperazine rings is 1. The highest BCUT2D eigenvalue weighted by Crippen LogP contribution is 2.07. The number of hydrogen-bond acceptors (Lipinski definition) is 5. The minimum absolute atomic E-state index is 0.0486. The van der Waals surface area contributed by atoms with Crippen LogP contribution in [0.15, 0.2) is 36.7 Å². The summed E-state index contributed by atoms with van der Waals surface area (Å²) < 4.78 is 1.37. The lowest BCUT2D eigenvalue weighted by Gasteiger charge is -2.34. The van der Waals surface area contributed by atoms with Crippen LogP contribution < -0.4 is 0 Å². The van der Waals surface area contributed by atoms with Crippen molar-refractivity contribution in [2.75, 3.05) is 26.2 Å². The molecule has 0 bridgehead atoms. The van der Waals surface area contributed by atoms with Crippen LogP contribution in [-0.4, -0.2) is 67.7 Å². The summed E-state index contributed by atoms with van der Waals surface area (Å²) in [5, 5.41) is 12.7. The fourth-order valence-corrected chi connectivity index (χ4v) is 2.68. The molecule has 0 aromatic carbocycles. The third-order valence-corrected chi connectivity index (χ3v) is 3.99. The first kappa shape index (κ1) is 16.1. The van der Waals surface area contributed by atoms with E-state index < -0.39 is 5.97 Å². The maximum atomic E-state index is 12.3. The van der Waals surface area contributed by atoms with E-state index in [4.69, 9.17) is 5.11 Å². The van der Waals surface area contributed by atoms with Crippen LogP contribution in [0.25, 0.3) is 0 Å². The number of pyridine rings is 1. The second kappa shape index (κ2) is 7.22. The van der Waals surface area contributed by atoms with E-state index in [2.05, 4.69) is 15.0 Å². The van der Waals surface area contributed by atoms with E-state index in [1.807, 2.05) is 18.2 Å². The molecule has 3 rings (SSSR count). The summed E-state index contributed by atoms with van der Waals surface area (Å²) in [4.78, 5) is 31.5. The Kier molecular flexibility index (Phi) is 4.85. The lowest BCUT2D eigenvalue weighted by molar-refractivity contribution is -0.133. The van der Waals surface area contributed by atoms with Gasteiger partial charge < -0.3 is 10.0 Å². The Labute approximate surface area is 139 Å². The molecule has 1 amide bonds. The summed E-state index contributed by atoms with van der Waals surface area (Å²) >= 11 is 0. The maximum Gasteiger partial charge on any atom is 0.356 e. The van der Waals surface area contributed by atoms with Crippen molar-refractivity contribution in [3.8, 4) is 0 Å². The van der Waals surface area contributed by atoms with Crippen LogP contribution in [0.2, 0.25) is 0 Å². The summed E-state index contributed by atoms with van der Waals surface area (Å²) in [6.07, 6.45) is 3.29. The standard InChI is InChI=1S/C16H19N5O3/c22-15(12-21-6-4-14(18-21)16(23)24)20-9-7-19(8-10-20)11-13-3-1-2-5-17-13/h1-6H,7-12H2,(H,23,24). The molecule has 1 fully saturated rings. The number of carbonyl (C=O) groups is 2. The third kappa shape index (κ3) is 3.96. The zero-order valence-corrected chi connectivity index (χ0v) is 13.2. The number of carboxylic acid groups (broad SMARTS) is 1. The number of aromatic carboxylic acids is 1. The van der Waals surface area contributed by atoms with Gasteiger partial charge in [-0.2, -0.15) is 5.10 Å². The monoisotopic (exact) mass is 329 g/mol. The molecule has 0 spiro atoms. The van der Waals surface area contributed by atoms with Crippen molar-refractivity contribution >= 4 is 11.9 Å². The summed E-state index contributed by atoms with van der Waals surface area (Å²) in [5.74, 6) is -1.14. The largest absolute Gasteiger partial charge is 0.476 e. The Morgan fingerprint density at radius 3 is 2.54 bits per heavy atom. The summed E-state index contributed by atoms with van der Waals surface area (Å²) in [5.41, 5.74) is 0.970. The van der Waals surface area contributed by atoms with Crippen molar-refractivity contribution in [1.29, 1.82) is 0 Å². The van der Waals surface area contributed by atoms with Gasteiger partial charge in [0.2, 0.25) is 5.91 Å². The van der Waals surface area contributed by atoms with Gasteiger partial charge in [-0.3, -0.25) is 19.4 Å². The Morgan fingerprint density at radius 2 is 1.92 bits per heavy atom. The van der Waals surface area contributed by atoms with E-state index >= 15 is 0 Å². The predicted octanol–water partition coefficient (Wildman–Crippen LogP) is 0.321. The Hall–Kier alpha value is -2.74. The van der Waals surface area contributed by atoms with Gasteiger partial charge in [0, 0.05) is 45.1 Å². The molecule has 8 nitrogen and oxygen atoms in total. The lowest BCUT2D eigenvalue weighted by Crippen LogP contribution is -2.49. The Bertz CT molecular complexity index is 708. The minimum Gasteiger partial charge on any atom is -0.476 e. The second-order valence-electron chi connectivity index (χ2n) is 5.68. The first-order valence-corrected chi connectivity index (χ1v) is 7.78. The Balaban J connectivity index is 1.48. The molecule has 2 aromatic heterocycles.